The molecule has 0 bridgehead atoms. The van der Waals surface area contributed by atoms with Crippen molar-refractivity contribution >= 4 is 5.91 Å². The van der Waals surface area contributed by atoms with Gasteiger partial charge >= 0.3 is 6.18 Å². The van der Waals surface area contributed by atoms with Crippen molar-refractivity contribution in [2.75, 3.05) is 19.7 Å². The number of carbonyl (C=O) groups is 1. The van der Waals surface area contributed by atoms with E-state index in [4.69, 9.17) is 0 Å². The first kappa shape index (κ1) is 17.0. The molecule has 1 aromatic rings. The smallest absolute Gasteiger partial charge is 0.422 e. The van der Waals surface area contributed by atoms with E-state index >= 15 is 0 Å². The molecule has 1 saturated carbocycles. The second-order valence-corrected chi connectivity index (χ2v) is 6.49. The number of alkyl halides is 3. The van der Waals surface area contributed by atoms with Gasteiger partial charge < -0.3 is 15.4 Å². The molecule has 1 unspecified atom stereocenters. The normalized spacial score (nSPS) is 22.2. The van der Waals surface area contributed by atoms with Gasteiger partial charge in [-0.1, -0.05) is 0 Å². The second-order valence-electron chi connectivity index (χ2n) is 6.49. The number of pyridine rings is 1. The minimum atomic E-state index is -4.40. The zero-order chi connectivity index (χ0) is 17.2. The SMILES string of the molecule is O=C(NCc1ccnc(OCC(F)(F)F)c1)C1CC12CCNCC2. The Bertz CT molecular complexity index is 600. The van der Waals surface area contributed by atoms with Crippen molar-refractivity contribution < 1.29 is 22.7 Å². The van der Waals surface area contributed by atoms with E-state index in [1.54, 1.807) is 6.07 Å². The van der Waals surface area contributed by atoms with Crippen LogP contribution in [0, 0.1) is 11.3 Å². The highest BCUT2D eigenvalue weighted by Gasteiger charge is 2.57. The van der Waals surface area contributed by atoms with E-state index < -0.39 is 12.8 Å². The molecule has 1 spiro atoms. The van der Waals surface area contributed by atoms with Crippen LogP contribution in [0.2, 0.25) is 0 Å². The van der Waals surface area contributed by atoms with Crippen LogP contribution in [0.4, 0.5) is 13.2 Å². The van der Waals surface area contributed by atoms with Crippen LogP contribution in [0.3, 0.4) is 0 Å². The first-order valence-corrected chi connectivity index (χ1v) is 8.01. The van der Waals surface area contributed by atoms with Crippen molar-refractivity contribution in [1.29, 1.82) is 0 Å². The summed E-state index contributed by atoms with van der Waals surface area (Å²) >= 11 is 0. The summed E-state index contributed by atoms with van der Waals surface area (Å²) in [5.74, 6) is -0.0193. The van der Waals surface area contributed by atoms with Crippen molar-refractivity contribution in [2.45, 2.75) is 32.0 Å². The average molecular weight is 343 g/mol. The Balaban J connectivity index is 1.49. The topological polar surface area (TPSA) is 63.2 Å². The molecule has 0 aromatic carbocycles. The van der Waals surface area contributed by atoms with Crippen LogP contribution in [0.15, 0.2) is 18.3 Å². The van der Waals surface area contributed by atoms with E-state index in [0.717, 1.165) is 32.4 Å². The van der Waals surface area contributed by atoms with Gasteiger partial charge in [-0.2, -0.15) is 13.2 Å². The number of carbonyl (C=O) groups excluding carboxylic acids is 1. The number of hydrogen-bond acceptors (Lipinski definition) is 4. The van der Waals surface area contributed by atoms with E-state index in [-0.39, 0.29) is 29.7 Å². The molecule has 1 aliphatic carbocycles. The van der Waals surface area contributed by atoms with Crippen molar-refractivity contribution in [3.63, 3.8) is 0 Å². The van der Waals surface area contributed by atoms with Crippen LogP contribution < -0.4 is 15.4 Å². The molecule has 24 heavy (non-hydrogen) atoms. The van der Waals surface area contributed by atoms with Gasteiger partial charge in [-0.3, -0.25) is 4.79 Å². The summed E-state index contributed by atoms with van der Waals surface area (Å²) in [6, 6.07) is 3.06. The second kappa shape index (κ2) is 6.58. The summed E-state index contributed by atoms with van der Waals surface area (Å²) < 4.78 is 41.1. The van der Waals surface area contributed by atoms with Gasteiger partial charge in [0.15, 0.2) is 6.61 Å². The average Bonchev–Trinajstić information content (AvgIpc) is 3.24. The number of nitrogens with one attached hydrogen (secondary N) is 2. The lowest BCUT2D eigenvalue weighted by atomic mass is 9.92. The summed E-state index contributed by atoms with van der Waals surface area (Å²) in [4.78, 5) is 16.0. The molecule has 3 rings (SSSR count). The minimum absolute atomic E-state index is 0.0199. The number of hydrogen-bond donors (Lipinski definition) is 2. The molecule has 1 amide bonds. The lowest BCUT2D eigenvalue weighted by Gasteiger charge is -2.23. The maximum absolute atomic E-state index is 12.3. The van der Waals surface area contributed by atoms with E-state index in [1.807, 2.05) is 0 Å². The quantitative estimate of drug-likeness (QED) is 0.859. The molecule has 2 fully saturated rings. The third-order valence-corrected chi connectivity index (χ3v) is 4.76. The van der Waals surface area contributed by atoms with Crippen LogP contribution >= 0.6 is 0 Å². The zero-order valence-electron chi connectivity index (χ0n) is 13.2. The van der Waals surface area contributed by atoms with Gasteiger partial charge in [-0.15, -0.1) is 0 Å². The van der Waals surface area contributed by atoms with Crippen LogP contribution in [-0.4, -0.2) is 36.8 Å². The molecule has 5 nitrogen and oxygen atoms in total. The summed E-state index contributed by atoms with van der Waals surface area (Å²) in [6.45, 7) is 0.783. The fourth-order valence-corrected chi connectivity index (χ4v) is 3.30. The van der Waals surface area contributed by atoms with Gasteiger partial charge in [0.1, 0.15) is 0 Å². The first-order chi connectivity index (χ1) is 11.4. The molecule has 132 valence electrons. The monoisotopic (exact) mass is 343 g/mol. The van der Waals surface area contributed by atoms with Crippen molar-refractivity contribution in [3.8, 4) is 5.88 Å². The molecule has 8 heteroatoms. The Hall–Kier alpha value is -1.83. The standard InChI is InChI=1S/C16H20F3N3O2/c17-16(18,19)10-24-13-7-11(1-4-21-13)9-22-14(23)12-8-15(12)2-5-20-6-3-15/h1,4,7,12,20H,2-3,5-6,8-10H2,(H,22,23). The van der Waals surface area contributed by atoms with E-state index in [0.29, 0.717) is 5.56 Å². The zero-order valence-corrected chi connectivity index (χ0v) is 13.2. The maximum Gasteiger partial charge on any atom is 0.422 e. The summed E-state index contributed by atoms with van der Waals surface area (Å²) in [5, 5.41) is 6.16. The van der Waals surface area contributed by atoms with Gasteiger partial charge in [0.2, 0.25) is 11.8 Å². The van der Waals surface area contributed by atoms with Gasteiger partial charge in [0.25, 0.3) is 0 Å². The number of nitrogens with zero attached hydrogens (tertiary/aromatic N) is 1. The maximum atomic E-state index is 12.3. The fourth-order valence-electron chi connectivity index (χ4n) is 3.30. The van der Waals surface area contributed by atoms with Crippen LogP contribution in [-0.2, 0) is 11.3 Å². The van der Waals surface area contributed by atoms with Gasteiger partial charge in [0, 0.05) is 24.7 Å². The molecule has 2 aliphatic rings. The van der Waals surface area contributed by atoms with Crippen molar-refractivity contribution in [2.24, 2.45) is 11.3 Å². The largest absolute Gasteiger partial charge is 0.468 e. The number of halogens is 3. The molecule has 2 heterocycles. The lowest BCUT2D eigenvalue weighted by molar-refractivity contribution is -0.154. The van der Waals surface area contributed by atoms with Crippen LogP contribution in [0.1, 0.15) is 24.8 Å². The Morgan fingerprint density at radius 3 is 2.88 bits per heavy atom. The highest BCUT2D eigenvalue weighted by atomic mass is 19.4. The molecule has 0 radical (unpaired) electrons. The molecule has 1 saturated heterocycles. The Labute approximate surface area is 138 Å². The van der Waals surface area contributed by atoms with E-state index in [2.05, 4.69) is 20.4 Å². The molecule has 1 aromatic heterocycles. The first-order valence-electron chi connectivity index (χ1n) is 8.01. The number of aromatic nitrogens is 1. The third-order valence-electron chi connectivity index (χ3n) is 4.76. The summed E-state index contributed by atoms with van der Waals surface area (Å²) in [5.41, 5.74) is 0.824. The van der Waals surface area contributed by atoms with E-state index in [9.17, 15) is 18.0 Å². The lowest BCUT2D eigenvalue weighted by Crippen LogP contribution is -2.33. The number of ether oxygens (including phenoxy) is 1. The van der Waals surface area contributed by atoms with E-state index in [1.165, 1.54) is 12.3 Å². The molecule has 1 atom stereocenters. The minimum Gasteiger partial charge on any atom is -0.468 e. The molecule has 2 N–H and O–H groups in total. The van der Waals surface area contributed by atoms with Crippen LogP contribution in [0.5, 0.6) is 5.88 Å². The highest BCUT2D eigenvalue weighted by Crippen LogP contribution is 2.58. The van der Waals surface area contributed by atoms with Crippen LogP contribution in [0.25, 0.3) is 0 Å². The Morgan fingerprint density at radius 2 is 2.17 bits per heavy atom. The predicted molar refractivity (Wildman–Crippen MR) is 80.3 cm³/mol. The molecule has 1 aliphatic heterocycles. The van der Waals surface area contributed by atoms with Gasteiger partial charge in [-0.05, 0) is 49.4 Å². The molecular weight excluding hydrogens is 323 g/mol. The third kappa shape index (κ3) is 4.17. The number of piperidine rings is 1. The van der Waals surface area contributed by atoms with Crippen molar-refractivity contribution in [3.05, 3.63) is 23.9 Å². The Kier molecular flexibility index (Phi) is 4.67. The summed E-state index contributed by atoms with van der Waals surface area (Å²) in [7, 11) is 0. The van der Waals surface area contributed by atoms with Crippen molar-refractivity contribution in [1.82, 2.24) is 15.6 Å². The Morgan fingerprint density at radius 1 is 1.42 bits per heavy atom. The number of rotatable bonds is 5. The number of amides is 1. The van der Waals surface area contributed by atoms with Gasteiger partial charge in [-0.25, -0.2) is 4.98 Å². The highest BCUT2D eigenvalue weighted by molar-refractivity contribution is 5.82. The fraction of sp³-hybridized carbons (Fsp3) is 0.625. The van der Waals surface area contributed by atoms with Gasteiger partial charge in [0.05, 0.1) is 0 Å². The molecular formula is C16H20F3N3O2. The predicted octanol–water partition coefficient (Wildman–Crippen LogP) is 2.03. The summed E-state index contributed by atoms with van der Waals surface area (Å²) in [6.07, 6.45) is -0.0536.